The first kappa shape index (κ1) is 16.0. The Morgan fingerprint density at radius 2 is 2.25 bits per heavy atom. The van der Waals surface area contributed by atoms with Gasteiger partial charge in [-0.15, -0.1) is 0 Å². The van der Waals surface area contributed by atoms with Crippen LogP contribution in [0.3, 0.4) is 0 Å². The number of nitrogens with one attached hydrogen (secondary N) is 2. The molecule has 0 aliphatic carbocycles. The molecule has 9 heteroatoms. The van der Waals surface area contributed by atoms with Gasteiger partial charge < -0.3 is 10.6 Å². The van der Waals surface area contributed by atoms with Crippen molar-refractivity contribution in [1.29, 1.82) is 0 Å². The SMILES string of the molecule is CCNc1ncc([N+](=O)[O-])cc1C(=O)NCCS(C)=O. The van der Waals surface area contributed by atoms with Gasteiger partial charge in [0.25, 0.3) is 11.6 Å². The van der Waals surface area contributed by atoms with E-state index in [2.05, 4.69) is 15.6 Å². The Morgan fingerprint density at radius 1 is 1.55 bits per heavy atom. The molecular weight excluding hydrogens is 284 g/mol. The molecule has 0 fully saturated rings. The van der Waals surface area contributed by atoms with E-state index in [4.69, 9.17) is 0 Å². The lowest BCUT2D eigenvalue weighted by Crippen LogP contribution is -2.28. The van der Waals surface area contributed by atoms with E-state index >= 15 is 0 Å². The van der Waals surface area contributed by atoms with E-state index in [9.17, 15) is 19.1 Å². The molecule has 1 unspecified atom stereocenters. The number of aromatic nitrogens is 1. The molecule has 20 heavy (non-hydrogen) atoms. The van der Waals surface area contributed by atoms with Gasteiger partial charge in [0, 0.05) is 42.0 Å². The quantitative estimate of drug-likeness (QED) is 0.561. The Morgan fingerprint density at radius 3 is 2.80 bits per heavy atom. The monoisotopic (exact) mass is 300 g/mol. The van der Waals surface area contributed by atoms with Gasteiger partial charge in [-0.05, 0) is 6.92 Å². The molecule has 0 radical (unpaired) electrons. The van der Waals surface area contributed by atoms with Crippen LogP contribution in [-0.2, 0) is 10.8 Å². The van der Waals surface area contributed by atoms with Gasteiger partial charge in [-0.1, -0.05) is 0 Å². The summed E-state index contributed by atoms with van der Waals surface area (Å²) in [6.45, 7) is 2.59. The molecule has 0 aliphatic heterocycles. The third-order valence-electron chi connectivity index (χ3n) is 2.35. The van der Waals surface area contributed by atoms with E-state index in [1.165, 1.54) is 12.3 Å². The maximum Gasteiger partial charge on any atom is 0.288 e. The summed E-state index contributed by atoms with van der Waals surface area (Å²) in [6, 6.07) is 1.17. The number of amides is 1. The van der Waals surface area contributed by atoms with Crippen LogP contribution >= 0.6 is 0 Å². The Labute approximate surface area is 118 Å². The molecule has 1 aromatic rings. The average molecular weight is 300 g/mol. The molecule has 0 spiro atoms. The lowest BCUT2D eigenvalue weighted by atomic mass is 10.2. The van der Waals surface area contributed by atoms with Crippen molar-refractivity contribution in [2.75, 3.05) is 30.4 Å². The molecule has 110 valence electrons. The topological polar surface area (TPSA) is 114 Å². The van der Waals surface area contributed by atoms with Crippen LogP contribution in [-0.4, -0.2) is 45.1 Å². The second-order valence-corrected chi connectivity index (χ2v) is 5.46. The third kappa shape index (κ3) is 4.57. The zero-order valence-corrected chi connectivity index (χ0v) is 12.0. The number of anilines is 1. The van der Waals surface area contributed by atoms with Gasteiger partial charge in [-0.3, -0.25) is 19.1 Å². The predicted octanol–water partition coefficient (Wildman–Crippen LogP) is 0.530. The molecule has 1 aromatic heterocycles. The van der Waals surface area contributed by atoms with Crippen molar-refractivity contribution in [3.05, 3.63) is 27.9 Å². The fourth-order valence-corrected chi connectivity index (χ4v) is 1.83. The Bertz CT molecular complexity index is 535. The number of carbonyl (C=O) groups is 1. The van der Waals surface area contributed by atoms with Crippen LogP contribution in [0.4, 0.5) is 11.5 Å². The summed E-state index contributed by atoms with van der Waals surface area (Å²) in [5, 5.41) is 16.1. The minimum atomic E-state index is -1.01. The highest BCUT2D eigenvalue weighted by Gasteiger charge is 2.17. The van der Waals surface area contributed by atoms with E-state index < -0.39 is 21.6 Å². The third-order valence-corrected chi connectivity index (χ3v) is 3.13. The Hall–Kier alpha value is -2.03. The van der Waals surface area contributed by atoms with E-state index in [-0.39, 0.29) is 23.6 Å². The van der Waals surface area contributed by atoms with Crippen LogP contribution in [0.2, 0.25) is 0 Å². The highest BCUT2D eigenvalue weighted by Crippen LogP contribution is 2.18. The molecule has 0 aromatic carbocycles. The highest BCUT2D eigenvalue weighted by atomic mass is 32.2. The molecule has 1 rings (SSSR count). The fourth-order valence-electron chi connectivity index (χ4n) is 1.44. The van der Waals surface area contributed by atoms with Gasteiger partial charge in [0.2, 0.25) is 0 Å². The van der Waals surface area contributed by atoms with Crippen LogP contribution < -0.4 is 10.6 Å². The predicted molar refractivity (Wildman–Crippen MR) is 76.3 cm³/mol. The molecule has 0 saturated carbocycles. The fraction of sp³-hybridized carbons (Fsp3) is 0.455. The normalized spacial score (nSPS) is 11.7. The van der Waals surface area contributed by atoms with Crippen molar-refractivity contribution >= 4 is 28.2 Å². The van der Waals surface area contributed by atoms with E-state index in [0.29, 0.717) is 12.3 Å². The van der Waals surface area contributed by atoms with Crippen LogP contribution in [0, 0.1) is 10.1 Å². The Balaban J connectivity index is 2.93. The minimum absolute atomic E-state index is 0.0999. The van der Waals surface area contributed by atoms with Crippen LogP contribution in [0.5, 0.6) is 0 Å². The average Bonchev–Trinajstić information content (AvgIpc) is 2.38. The first-order valence-electron chi connectivity index (χ1n) is 5.92. The number of nitro groups is 1. The van der Waals surface area contributed by atoms with Crippen molar-refractivity contribution in [1.82, 2.24) is 10.3 Å². The largest absolute Gasteiger partial charge is 0.370 e. The van der Waals surface area contributed by atoms with Gasteiger partial charge in [-0.25, -0.2) is 4.98 Å². The van der Waals surface area contributed by atoms with Crippen molar-refractivity contribution in [3.63, 3.8) is 0 Å². The Kier molecular flexibility index (Phi) is 6.04. The summed E-state index contributed by atoms with van der Waals surface area (Å²) >= 11 is 0. The summed E-state index contributed by atoms with van der Waals surface area (Å²) in [4.78, 5) is 26.0. The lowest BCUT2D eigenvalue weighted by molar-refractivity contribution is -0.385. The number of nitrogens with zero attached hydrogens (tertiary/aromatic N) is 2. The standard InChI is InChI=1S/C11H16N4O4S/c1-3-12-10-9(6-8(7-14-10)15(17)18)11(16)13-4-5-20(2)19/h6-7H,3-5H2,1-2H3,(H,12,14)(H,13,16). The van der Waals surface area contributed by atoms with E-state index in [1.807, 2.05) is 6.92 Å². The zero-order chi connectivity index (χ0) is 15.1. The molecular formula is C11H16N4O4S. The molecule has 1 heterocycles. The summed E-state index contributed by atoms with van der Waals surface area (Å²) in [7, 11) is -1.01. The van der Waals surface area contributed by atoms with Gasteiger partial charge in [0.1, 0.15) is 12.0 Å². The molecule has 0 bridgehead atoms. The maximum atomic E-state index is 12.0. The smallest absolute Gasteiger partial charge is 0.288 e. The summed E-state index contributed by atoms with van der Waals surface area (Å²) in [6.07, 6.45) is 2.63. The summed E-state index contributed by atoms with van der Waals surface area (Å²) in [5.74, 6) is 0.126. The van der Waals surface area contributed by atoms with Crippen LogP contribution in [0.25, 0.3) is 0 Å². The number of hydrogen-bond acceptors (Lipinski definition) is 6. The first-order chi connectivity index (χ1) is 9.45. The number of carbonyl (C=O) groups excluding carboxylic acids is 1. The maximum absolute atomic E-state index is 12.0. The minimum Gasteiger partial charge on any atom is -0.370 e. The van der Waals surface area contributed by atoms with Crippen molar-refractivity contribution in [3.8, 4) is 0 Å². The van der Waals surface area contributed by atoms with Crippen molar-refractivity contribution in [2.45, 2.75) is 6.92 Å². The molecule has 1 atom stereocenters. The summed E-state index contributed by atoms with van der Waals surface area (Å²) in [5.41, 5.74) is -0.154. The van der Waals surface area contributed by atoms with Crippen LogP contribution in [0.15, 0.2) is 12.3 Å². The molecule has 0 aliphatic rings. The molecule has 0 saturated heterocycles. The van der Waals surface area contributed by atoms with Gasteiger partial charge in [0.15, 0.2) is 0 Å². The van der Waals surface area contributed by atoms with Crippen LogP contribution in [0.1, 0.15) is 17.3 Å². The second kappa shape index (κ2) is 7.53. The van der Waals surface area contributed by atoms with Gasteiger partial charge in [-0.2, -0.15) is 0 Å². The number of pyridine rings is 1. The van der Waals surface area contributed by atoms with Gasteiger partial charge in [0.05, 0.1) is 10.5 Å². The number of rotatable bonds is 7. The first-order valence-corrected chi connectivity index (χ1v) is 7.65. The van der Waals surface area contributed by atoms with Gasteiger partial charge >= 0.3 is 0 Å². The van der Waals surface area contributed by atoms with Crippen molar-refractivity contribution in [2.24, 2.45) is 0 Å². The number of hydrogen-bond donors (Lipinski definition) is 2. The molecule has 2 N–H and O–H groups in total. The highest BCUT2D eigenvalue weighted by molar-refractivity contribution is 7.84. The molecule has 8 nitrogen and oxygen atoms in total. The lowest BCUT2D eigenvalue weighted by Gasteiger charge is -2.09. The zero-order valence-electron chi connectivity index (χ0n) is 11.2. The van der Waals surface area contributed by atoms with E-state index in [0.717, 1.165) is 6.20 Å². The van der Waals surface area contributed by atoms with Crippen molar-refractivity contribution < 1.29 is 13.9 Å². The second-order valence-electron chi connectivity index (χ2n) is 3.91. The van der Waals surface area contributed by atoms with E-state index in [1.54, 1.807) is 0 Å². The summed E-state index contributed by atoms with van der Waals surface area (Å²) < 4.78 is 10.9. The molecule has 1 amide bonds.